The lowest BCUT2D eigenvalue weighted by molar-refractivity contribution is 0.102. The summed E-state index contributed by atoms with van der Waals surface area (Å²) in [7, 11) is 1.55. The molecular formula is C15H15BrN2O2. The van der Waals surface area contributed by atoms with Gasteiger partial charge in [0.1, 0.15) is 5.75 Å². The predicted molar refractivity (Wildman–Crippen MR) is 84.2 cm³/mol. The third-order valence-electron chi connectivity index (χ3n) is 2.92. The second-order valence-electron chi connectivity index (χ2n) is 4.37. The van der Waals surface area contributed by atoms with Crippen molar-refractivity contribution in [3.8, 4) is 5.75 Å². The van der Waals surface area contributed by atoms with E-state index in [1.54, 1.807) is 37.4 Å². The first-order valence-electron chi connectivity index (χ1n) is 6.02. The number of methoxy groups -OCH3 is 1. The van der Waals surface area contributed by atoms with Crippen molar-refractivity contribution in [2.24, 2.45) is 0 Å². The largest absolute Gasteiger partial charge is 0.495 e. The number of amides is 1. The SMILES string of the molecule is COc1ccc(NC(=O)c2ccc(C)c(Br)c2)cc1N. The van der Waals surface area contributed by atoms with Crippen LogP contribution in [0.2, 0.25) is 0 Å². The third kappa shape index (κ3) is 3.11. The Morgan fingerprint density at radius 2 is 2.00 bits per heavy atom. The number of carbonyl (C=O) groups excluding carboxylic acids is 1. The van der Waals surface area contributed by atoms with Crippen LogP contribution in [-0.2, 0) is 0 Å². The van der Waals surface area contributed by atoms with Gasteiger partial charge in [-0.05, 0) is 42.8 Å². The van der Waals surface area contributed by atoms with Crippen LogP contribution in [0.4, 0.5) is 11.4 Å². The summed E-state index contributed by atoms with van der Waals surface area (Å²) >= 11 is 3.41. The minimum Gasteiger partial charge on any atom is -0.495 e. The van der Waals surface area contributed by atoms with Crippen molar-refractivity contribution in [2.45, 2.75) is 6.92 Å². The van der Waals surface area contributed by atoms with Gasteiger partial charge in [0.05, 0.1) is 12.8 Å². The topological polar surface area (TPSA) is 64.3 Å². The number of nitrogens with two attached hydrogens (primary N) is 1. The molecule has 1 amide bonds. The number of nitrogens with one attached hydrogen (secondary N) is 1. The van der Waals surface area contributed by atoms with E-state index in [-0.39, 0.29) is 5.91 Å². The van der Waals surface area contributed by atoms with E-state index in [1.807, 2.05) is 13.0 Å². The van der Waals surface area contributed by atoms with Gasteiger partial charge in [-0.2, -0.15) is 0 Å². The quantitative estimate of drug-likeness (QED) is 0.843. The number of carbonyl (C=O) groups is 1. The minimum absolute atomic E-state index is 0.185. The van der Waals surface area contributed by atoms with Gasteiger partial charge < -0.3 is 15.8 Å². The summed E-state index contributed by atoms with van der Waals surface area (Å²) in [5.41, 5.74) is 8.58. The molecule has 0 aliphatic rings. The van der Waals surface area contributed by atoms with Gasteiger partial charge in [-0.15, -0.1) is 0 Å². The van der Waals surface area contributed by atoms with E-state index in [2.05, 4.69) is 21.2 Å². The molecule has 0 saturated heterocycles. The first-order chi connectivity index (χ1) is 9.51. The van der Waals surface area contributed by atoms with Crippen LogP contribution in [0, 0.1) is 6.92 Å². The summed E-state index contributed by atoms with van der Waals surface area (Å²) < 4.78 is 5.98. The molecule has 2 rings (SSSR count). The van der Waals surface area contributed by atoms with Crippen molar-refractivity contribution in [1.82, 2.24) is 0 Å². The van der Waals surface area contributed by atoms with E-state index in [0.29, 0.717) is 22.7 Å². The van der Waals surface area contributed by atoms with Crippen LogP contribution in [0.15, 0.2) is 40.9 Å². The fourth-order valence-corrected chi connectivity index (χ4v) is 2.13. The highest BCUT2D eigenvalue weighted by Crippen LogP contribution is 2.25. The fraction of sp³-hybridized carbons (Fsp3) is 0.133. The molecule has 0 atom stereocenters. The summed E-state index contributed by atoms with van der Waals surface area (Å²) in [6, 6.07) is 10.6. The Balaban J connectivity index is 2.19. The van der Waals surface area contributed by atoms with Gasteiger partial charge in [0.2, 0.25) is 0 Å². The molecule has 0 unspecified atom stereocenters. The lowest BCUT2D eigenvalue weighted by Crippen LogP contribution is -2.12. The molecule has 2 aromatic rings. The van der Waals surface area contributed by atoms with E-state index in [1.165, 1.54) is 0 Å². The first-order valence-corrected chi connectivity index (χ1v) is 6.81. The maximum atomic E-state index is 12.1. The highest BCUT2D eigenvalue weighted by Gasteiger charge is 2.09. The van der Waals surface area contributed by atoms with Crippen LogP contribution >= 0.6 is 15.9 Å². The van der Waals surface area contributed by atoms with Gasteiger partial charge in [-0.1, -0.05) is 22.0 Å². The Kier molecular flexibility index (Phi) is 4.29. The van der Waals surface area contributed by atoms with Crippen molar-refractivity contribution < 1.29 is 9.53 Å². The maximum absolute atomic E-state index is 12.1. The van der Waals surface area contributed by atoms with Gasteiger partial charge >= 0.3 is 0 Å². The minimum atomic E-state index is -0.185. The summed E-state index contributed by atoms with van der Waals surface area (Å²) in [5, 5.41) is 2.80. The molecule has 0 aliphatic carbocycles. The van der Waals surface area contributed by atoms with Gasteiger partial charge in [-0.3, -0.25) is 4.79 Å². The second kappa shape index (κ2) is 5.96. The number of hydrogen-bond acceptors (Lipinski definition) is 3. The third-order valence-corrected chi connectivity index (χ3v) is 3.78. The van der Waals surface area contributed by atoms with E-state index in [9.17, 15) is 4.79 Å². The number of anilines is 2. The highest BCUT2D eigenvalue weighted by atomic mass is 79.9. The van der Waals surface area contributed by atoms with Crippen LogP contribution < -0.4 is 15.8 Å². The summed E-state index contributed by atoms with van der Waals surface area (Å²) in [5.74, 6) is 0.399. The van der Waals surface area contributed by atoms with E-state index >= 15 is 0 Å². The van der Waals surface area contributed by atoms with Crippen molar-refractivity contribution in [1.29, 1.82) is 0 Å². The first kappa shape index (κ1) is 14.4. The summed E-state index contributed by atoms with van der Waals surface area (Å²) in [4.78, 5) is 12.1. The molecule has 0 aromatic heterocycles. The smallest absolute Gasteiger partial charge is 0.255 e. The second-order valence-corrected chi connectivity index (χ2v) is 5.23. The van der Waals surface area contributed by atoms with Crippen LogP contribution in [0.1, 0.15) is 15.9 Å². The molecule has 5 heteroatoms. The Morgan fingerprint density at radius 1 is 1.25 bits per heavy atom. The van der Waals surface area contributed by atoms with Crippen molar-refractivity contribution in [3.05, 3.63) is 52.0 Å². The maximum Gasteiger partial charge on any atom is 0.255 e. The molecule has 4 nitrogen and oxygen atoms in total. The van der Waals surface area contributed by atoms with Gasteiger partial charge in [0.15, 0.2) is 0 Å². The number of halogens is 1. The van der Waals surface area contributed by atoms with Crippen molar-refractivity contribution in [2.75, 3.05) is 18.2 Å². The number of aryl methyl sites for hydroxylation is 1. The zero-order valence-corrected chi connectivity index (χ0v) is 12.8. The van der Waals surface area contributed by atoms with Gasteiger partial charge in [0.25, 0.3) is 5.91 Å². The number of ether oxygens (including phenoxy) is 1. The molecule has 0 spiro atoms. The molecule has 104 valence electrons. The Hall–Kier alpha value is -2.01. The molecular weight excluding hydrogens is 320 g/mol. The van der Waals surface area contributed by atoms with Gasteiger partial charge in [0, 0.05) is 15.7 Å². The number of nitrogen functional groups attached to an aromatic ring is 1. The van der Waals surface area contributed by atoms with Crippen LogP contribution in [0.3, 0.4) is 0 Å². The Labute approximate surface area is 126 Å². The molecule has 3 N–H and O–H groups in total. The Bertz CT molecular complexity index is 656. The van der Waals surface area contributed by atoms with E-state index < -0.39 is 0 Å². The summed E-state index contributed by atoms with van der Waals surface area (Å²) in [6.45, 7) is 1.97. The number of hydrogen-bond donors (Lipinski definition) is 2. The lowest BCUT2D eigenvalue weighted by Gasteiger charge is -2.09. The lowest BCUT2D eigenvalue weighted by atomic mass is 10.1. The van der Waals surface area contributed by atoms with Crippen LogP contribution in [0.5, 0.6) is 5.75 Å². The zero-order valence-electron chi connectivity index (χ0n) is 11.2. The molecule has 0 fully saturated rings. The average molecular weight is 335 g/mol. The highest BCUT2D eigenvalue weighted by molar-refractivity contribution is 9.10. The van der Waals surface area contributed by atoms with E-state index in [4.69, 9.17) is 10.5 Å². The zero-order chi connectivity index (χ0) is 14.7. The molecule has 2 aromatic carbocycles. The standard InChI is InChI=1S/C15H15BrN2O2/c1-9-3-4-10(7-12(9)16)15(19)18-11-5-6-14(20-2)13(17)8-11/h3-8H,17H2,1-2H3,(H,18,19). The molecule has 0 radical (unpaired) electrons. The molecule has 0 bridgehead atoms. The van der Waals surface area contributed by atoms with Crippen LogP contribution in [0.25, 0.3) is 0 Å². The number of rotatable bonds is 3. The predicted octanol–water partition coefficient (Wildman–Crippen LogP) is 3.60. The number of benzene rings is 2. The van der Waals surface area contributed by atoms with Gasteiger partial charge in [-0.25, -0.2) is 0 Å². The monoisotopic (exact) mass is 334 g/mol. The molecule has 20 heavy (non-hydrogen) atoms. The van der Waals surface area contributed by atoms with Crippen molar-refractivity contribution in [3.63, 3.8) is 0 Å². The fourth-order valence-electron chi connectivity index (χ4n) is 1.75. The summed E-state index contributed by atoms with van der Waals surface area (Å²) in [6.07, 6.45) is 0. The van der Waals surface area contributed by atoms with Crippen LogP contribution in [-0.4, -0.2) is 13.0 Å². The van der Waals surface area contributed by atoms with Crippen molar-refractivity contribution >= 4 is 33.2 Å². The molecule has 0 heterocycles. The molecule has 0 aliphatic heterocycles. The molecule has 0 saturated carbocycles. The Morgan fingerprint density at radius 3 is 2.60 bits per heavy atom. The average Bonchev–Trinajstić information content (AvgIpc) is 2.42. The normalized spacial score (nSPS) is 10.2. The van der Waals surface area contributed by atoms with E-state index in [0.717, 1.165) is 10.0 Å².